The van der Waals surface area contributed by atoms with E-state index in [1.165, 1.54) is 0 Å². The zero-order valence-corrected chi connectivity index (χ0v) is 11.7. The quantitative estimate of drug-likeness (QED) is 0.786. The van der Waals surface area contributed by atoms with Gasteiger partial charge in [0.05, 0.1) is 0 Å². The average Bonchev–Trinajstić information content (AvgIpc) is 2.48. The Morgan fingerprint density at radius 1 is 1.15 bits per heavy atom. The lowest BCUT2D eigenvalue weighted by Crippen LogP contribution is -2.48. The van der Waals surface area contributed by atoms with E-state index >= 15 is 0 Å². The summed E-state index contributed by atoms with van der Waals surface area (Å²) in [4.78, 5) is 39.2. The van der Waals surface area contributed by atoms with Crippen molar-refractivity contribution in [3.63, 3.8) is 0 Å². The van der Waals surface area contributed by atoms with E-state index in [9.17, 15) is 14.4 Å². The van der Waals surface area contributed by atoms with Crippen molar-refractivity contribution in [3.8, 4) is 0 Å². The fourth-order valence-electron chi connectivity index (χ4n) is 1.75. The highest BCUT2D eigenvalue weighted by atomic mass is 16.7. The number of hydrogen-bond acceptors (Lipinski definition) is 5. The predicted molar refractivity (Wildman–Crippen MR) is 65.9 cm³/mol. The van der Waals surface area contributed by atoms with Gasteiger partial charge in [0.1, 0.15) is 5.60 Å². The first kappa shape index (κ1) is 16.2. The summed E-state index contributed by atoms with van der Waals surface area (Å²) in [5.41, 5.74) is -0.839. The molecule has 0 aromatic rings. The lowest BCUT2D eigenvalue weighted by atomic mass is 10.1. The van der Waals surface area contributed by atoms with E-state index in [1.807, 2.05) is 0 Å². The van der Waals surface area contributed by atoms with Crippen molar-refractivity contribution < 1.29 is 34.2 Å². The molecule has 0 aromatic heterocycles. The molecule has 0 radical (unpaired) electrons. The molecule has 0 bridgehead atoms. The zero-order chi connectivity index (χ0) is 15.5. The van der Waals surface area contributed by atoms with E-state index in [4.69, 9.17) is 19.8 Å². The Bertz CT molecular complexity index is 401. The molecule has 0 aliphatic carbocycles. The van der Waals surface area contributed by atoms with E-state index in [0.29, 0.717) is 11.5 Å². The summed E-state index contributed by atoms with van der Waals surface area (Å²) in [6, 6.07) is -1.26. The summed E-state index contributed by atoms with van der Waals surface area (Å²) in [6.07, 6.45) is -1.69. The van der Waals surface area contributed by atoms with Gasteiger partial charge in [-0.15, -0.1) is 0 Å². The zero-order valence-electron chi connectivity index (χ0n) is 11.7. The maximum atomic E-state index is 12.0. The Hall–Kier alpha value is -1.83. The lowest BCUT2D eigenvalue weighted by Gasteiger charge is -2.29. The van der Waals surface area contributed by atoms with Gasteiger partial charge in [0.25, 0.3) is 0 Å². The summed E-state index contributed by atoms with van der Waals surface area (Å²) in [5, 5.41) is 18.6. The van der Waals surface area contributed by atoms with Gasteiger partial charge < -0.3 is 14.9 Å². The van der Waals surface area contributed by atoms with Crippen molar-refractivity contribution in [1.29, 1.82) is 0 Å². The molecule has 1 aliphatic heterocycles. The number of amides is 1. The predicted octanol–water partition coefficient (Wildman–Crippen LogP) is 1.25. The number of carboxylic acid groups (broad SMARTS) is 2. The summed E-state index contributed by atoms with van der Waals surface area (Å²) < 4.78 is 5.05. The molecule has 0 spiro atoms. The number of aliphatic carboxylic acids is 2. The van der Waals surface area contributed by atoms with Crippen LogP contribution in [-0.4, -0.2) is 51.1 Å². The number of carboxylic acids is 2. The van der Waals surface area contributed by atoms with Crippen LogP contribution in [0.3, 0.4) is 0 Å². The first-order valence-electron chi connectivity index (χ1n) is 6.26. The number of hydroxylamine groups is 2. The van der Waals surface area contributed by atoms with Crippen LogP contribution in [0.2, 0.25) is 0 Å². The lowest BCUT2D eigenvalue weighted by molar-refractivity contribution is -0.212. The highest BCUT2D eigenvalue weighted by Gasteiger charge is 2.39. The van der Waals surface area contributed by atoms with E-state index in [-0.39, 0.29) is 12.8 Å². The minimum atomic E-state index is -1.26. The molecule has 1 amide bonds. The van der Waals surface area contributed by atoms with E-state index < -0.39 is 35.8 Å². The average molecular weight is 289 g/mol. The fourth-order valence-corrected chi connectivity index (χ4v) is 1.75. The molecule has 2 atom stereocenters. The number of hydrogen-bond donors (Lipinski definition) is 2. The van der Waals surface area contributed by atoms with Crippen molar-refractivity contribution in [2.24, 2.45) is 0 Å². The standard InChI is InChI=1S/C12H19NO7/c1-12(2,3)19-11(18)13-7(9(14)15)5-4-6-8(20-13)10(16)17/h7-8H,4-6H2,1-3H3,(H,14,15)(H,16,17). The van der Waals surface area contributed by atoms with Crippen molar-refractivity contribution in [2.45, 2.75) is 57.8 Å². The van der Waals surface area contributed by atoms with Crippen LogP contribution >= 0.6 is 0 Å². The first-order chi connectivity index (χ1) is 9.11. The van der Waals surface area contributed by atoms with Crippen LogP contribution in [0.1, 0.15) is 40.0 Å². The van der Waals surface area contributed by atoms with Crippen molar-refractivity contribution in [2.75, 3.05) is 0 Å². The van der Waals surface area contributed by atoms with E-state index in [1.54, 1.807) is 20.8 Å². The fraction of sp³-hybridized carbons (Fsp3) is 0.750. The van der Waals surface area contributed by atoms with Crippen molar-refractivity contribution in [1.82, 2.24) is 5.06 Å². The van der Waals surface area contributed by atoms with E-state index in [2.05, 4.69) is 0 Å². The van der Waals surface area contributed by atoms with Gasteiger partial charge in [-0.2, -0.15) is 5.06 Å². The van der Waals surface area contributed by atoms with Gasteiger partial charge in [-0.25, -0.2) is 14.4 Å². The first-order valence-corrected chi connectivity index (χ1v) is 6.26. The number of carbonyl (C=O) groups is 3. The number of ether oxygens (including phenoxy) is 1. The SMILES string of the molecule is CC(C)(C)OC(=O)N1OC(C(=O)O)CCCC1C(=O)O. The second-order valence-electron chi connectivity index (χ2n) is 5.52. The molecule has 1 fully saturated rings. The second-order valence-corrected chi connectivity index (χ2v) is 5.52. The molecule has 1 heterocycles. The molecule has 8 heteroatoms. The highest BCUT2D eigenvalue weighted by molar-refractivity contribution is 5.80. The Morgan fingerprint density at radius 3 is 2.20 bits per heavy atom. The monoisotopic (exact) mass is 289 g/mol. The molecule has 1 rings (SSSR count). The van der Waals surface area contributed by atoms with Crippen LogP contribution in [-0.2, 0) is 19.2 Å². The van der Waals surface area contributed by atoms with E-state index in [0.717, 1.165) is 0 Å². The number of nitrogens with zero attached hydrogens (tertiary/aromatic N) is 1. The molecule has 0 aromatic carbocycles. The molecule has 8 nitrogen and oxygen atoms in total. The molecule has 114 valence electrons. The van der Waals surface area contributed by atoms with Gasteiger partial charge in [-0.1, -0.05) is 0 Å². The Kier molecular flexibility index (Phi) is 4.93. The van der Waals surface area contributed by atoms with Gasteiger partial charge in [0, 0.05) is 0 Å². The third kappa shape index (κ3) is 4.37. The molecule has 1 saturated heterocycles. The number of rotatable bonds is 2. The minimum Gasteiger partial charge on any atom is -0.480 e. The van der Waals surface area contributed by atoms with Crippen LogP contribution < -0.4 is 0 Å². The summed E-state index contributed by atoms with van der Waals surface area (Å²) in [7, 11) is 0. The maximum absolute atomic E-state index is 12.0. The summed E-state index contributed by atoms with van der Waals surface area (Å²) >= 11 is 0. The smallest absolute Gasteiger partial charge is 0.435 e. The van der Waals surface area contributed by atoms with Gasteiger partial charge in [-0.3, -0.25) is 4.84 Å². The van der Waals surface area contributed by atoms with Gasteiger partial charge in [0.2, 0.25) is 0 Å². The molecule has 2 N–H and O–H groups in total. The van der Waals surface area contributed by atoms with Gasteiger partial charge in [-0.05, 0) is 40.0 Å². The largest absolute Gasteiger partial charge is 0.480 e. The van der Waals surface area contributed by atoms with Crippen molar-refractivity contribution >= 4 is 18.0 Å². The number of carbonyl (C=O) groups excluding carboxylic acids is 1. The molecule has 0 saturated carbocycles. The van der Waals surface area contributed by atoms with Crippen LogP contribution in [0.25, 0.3) is 0 Å². The molecular formula is C12H19NO7. The molecule has 1 aliphatic rings. The van der Waals surface area contributed by atoms with Crippen LogP contribution in [0.15, 0.2) is 0 Å². The maximum Gasteiger partial charge on any atom is 0.435 e. The molecule has 2 unspecified atom stereocenters. The van der Waals surface area contributed by atoms with Gasteiger partial charge in [0.15, 0.2) is 12.1 Å². The van der Waals surface area contributed by atoms with Crippen LogP contribution in [0.5, 0.6) is 0 Å². The third-order valence-corrected chi connectivity index (χ3v) is 2.60. The van der Waals surface area contributed by atoms with Crippen LogP contribution in [0.4, 0.5) is 4.79 Å². The Balaban J connectivity index is 2.95. The molecule has 20 heavy (non-hydrogen) atoms. The summed E-state index contributed by atoms with van der Waals surface area (Å²) in [5.74, 6) is -2.51. The van der Waals surface area contributed by atoms with Crippen molar-refractivity contribution in [3.05, 3.63) is 0 Å². The third-order valence-electron chi connectivity index (χ3n) is 2.60. The Morgan fingerprint density at radius 2 is 1.75 bits per heavy atom. The molecular weight excluding hydrogens is 270 g/mol. The minimum absolute atomic E-state index is 0.109. The summed E-state index contributed by atoms with van der Waals surface area (Å²) in [6.45, 7) is 4.85. The van der Waals surface area contributed by atoms with Gasteiger partial charge >= 0.3 is 18.0 Å². The normalized spacial score (nSPS) is 23.9. The Labute approximate surface area is 116 Å². The highest BCUT2D eigenvalue weighted by Crippen LogP contribution is 2.22. The second kappa shape index (κ2) is 6.08. The van der Waals surface area contributed by atoms with Crippen LogP contribution in [0, 0.1) is 0 Å². The topological polar surface area (TPSA) is 113 Å².